The molecule has 4 rings (SSSR count). The Labute approximate surface area is 202 Å². The first-order valence-electron chi connectivity index (χ1n) is 10.2. The van der Waals surface area contributed by atoms with Crippen molar-refractivity contribution in [2.45, 2.75) is 12.3 Å². The van der Waals surface area contributed by atoms with Crippen LogP contribution in [-0.2, 0) is 12.3 Å². The first kappa shape index (κ1) is 22.3. The van der Waals surface area contributed by atoms with Crippen LogP contribution >= 0.6 is 35.6 Å². The zero-order chi connectivity index (χ0) is 22.2. The topological polar surface area (TPSA) is 22.8 Å². The van der Waals surface area contributed by atoms with Crippen LogP contribution in [0.15, 0.2) is 102 Å². The van der Waals surface area contributed by atoms with Gasteiger partial charge in [-0.15, -0.1) is 16.9 Å². The van der Waals surface area contributed by atoms with Crippen molar-refractivity contribution in [3.8, 4) is 5.69 Å². The van der Waals surface area contributed by atoms with E-state index < -0.39 is 0 Å². The van der Waals surface area contributed by atoms with Gasteiger partial charge in [-0.25, -0.2) is 4.68 Å². The first-order valence-corrected chi connectivity index (χ1v) is 12.0. The molecule has 32 heavy (non-hydrogen) atoms. The van der Waals surface area contributed by atoms with E-state index in [-0.39, 0.29) is 0 Å². The molecule has 0 saturated carbocycles. The maximum absolute atomic E-state index is 6.05. The molecule has 4 aromatic rings. The van der Waals surface area contributed by atoms with Gasteiger partial charge in [0.15, 0.2) is 5.82 Å². The van der Waals surface area contributed by atoms with E-state index in [4.69, 9.17) is 28.9 Å². The molecule has 1 aromatic heterocycles. The van der Waals surface area contributed by atoms with Crippen molar-refractivity contribution in [1.29, 1.82) is 0 Å². The normalized spacial score (nSPS) is 11.5. The fraction of sp³-hybridized carbons (Fsp3) is 0.0769. The van der Waals surface area contributed by atoms with Crippen LogP contribution in [0.3, 0.4) is 0 Å². The Morgan fingerprint density at radius 1 is 0.844 bits per heavy atom. The number of rotatable bonds is 8. The van der Waals surface area contributed by atoms with Crippen molar-refractivity contribution < 1.29 is 0 Å². The molecule has 0 unspecified atom stereocenters. The van der Waals surface area contributed by atoms with E-state index in [9.17, 15) is 0 Å². The molecule has 0 N–H and O–H groups in total. The average molecular weight is 476 g/mol. The van der Waals surface area contributed by atoms with E-state index in [1.807, 2.05) is 71.3 Å². The average Bonchev–Trinajstić information content (AvgIpc) is 3.13. The van der Waals surface area contributed by atoms with Gasteiger partial charge in [0.05, 0.1) is 12.2 Å². The second-order valence-electron chi connectivity index (χ2n) is 7.08. The van der Waals surface area contributed by atoms with E-state index in [0.717, 1.165) is 17.3 Å². The Balaban J connectivity index is 1.55. The van der Waals surface area contributed by atoms with Gasteiger partial charge in [-0.05, 0) is 59.1 Å². The highest BCUT2D eigenvalue weighted by Crippen LogP contribution is 2.17. The summed E-state index contributed by atoms with van der Waals surface area (Å²) in [4.78, 5) is 0. The van der Waals surface area contributed by atoms with E-state index in [0.29, 0.717) is 16.3 Å². The van der Waals surface area contributed by atoms with Crippen molar-refractivity contribution >= 4 is 41.7 Å². The van der Waals surface area contributed by atoms with Gasteiger partial charge >= 0.3 is 0 Å². The molecule has 0 spiro atoms. The van der Waals surface area contributed by atoms with Crippen LogP contribution in [-0.4, -0.2) is 14.3 Å². The monoisotopic (exact) mass is 475 g/mol. The third kappa shape index (κ3) is 5.88. The number of nitrogens with zero attached hydrogens (tertiary/aromatic N) is 3. The number of hydrogen-bond acceptors (Lipinski definition) is 3. The molecule has 0 bridgehead atoms. The van der Waals surface area contributed by atoms with Crippen LogP contribution < -0.4 is 0 Å². The molecule has 3 nitrogen and oxygen atoms in total. The number of halogens is 1. The van der Waals surface area contributed by atoms with Crippen LogP contribution in [0, 0.1) is 4.77 Å². The molecule has 0 fully saturated rings. The zero-order valence-corrected chi connectivity index (χ0v) is 19.7. The van der Waals surface area contributed by atoms with Crippen molar-refractivity contribution in [3.05, 3.63) is 129 Å². The molecule has 160 valence electrons. The summed E-state index contributed by atoms with van der Waals surface area (Å²) in [5.41, 5.74) is 3.36. The molecule has 0 amide bonds. The Hall–Kier alpha value is -2.86. The van der Waals surface area contributed by atoms with Crippen molar-refractivity contribution in [2.24, 2.45) is 0 Å². The second kappa shape index (κ2) is 11.1. The fourth-order valence-electron chi connectivity index (χ4n) is 3.16. The van der Waals surface area contributed by atoms with Gasteiger partial charge in [0, 0.05) is 10.8 Å². The molecular weight excluding hydrogens is 454 g/mol. The molecule has 1 heterocycles. The predicted molar refractivity (Wildman–Crippen MR) is 139 cm³/mol. The lowest BCUT2D eigenvalue weighted by Crippen LogP contribution is -2.03. The van der Waals surface area contributed by atoms with Gasteiger partial charge in [-0.1, -0.05) is 84.4 Å². The summed E-state index contributed by atoms with van der Waals surface area (Å²) in [5.74, 6) is 1.74. The lowest BCUT2D eigenvalue weighted by Gasteiger charge is -2.04. The maximum atomic E-state index is 6.05. The second-order valence-corrected chi connectivity index (χ2v) is 8.78. The van der Waals surface area contributed by atoms with Crippen molar-refractivity contribution in [3.63, 3.8) is 0 Å². The summed E-state index contributed by atoms with van der Waals surface area (Å²) in [6.07, 6.45) is 6.03. The lowest BCUT2D eigenvalue weighted by molar-refractivity contribution is 0.762. The quantitative estimate of drug-likeness (QED) is 0.194. The van der Waals surface area contributed by atoms with E-state index >= 15 is 0 Å². The van der Waals surface area contributed by atoms with Crippen molar-refractivity contribution in [2.75, 3.05) is 0 Å². The molecule has 0 aliphatic carbocycles. The van der Waals surface area contributed by atoms with Crippen LogP contribution in [0.5, 0.6) is 0 Å². The highest BCUT2D eigenvalue weighted by atomic mass is 35.5. The third-order valence-corrected chi connectivity index (χ3v) is 6.26. The fourth-order valence-corrected chi connectivity index (χ4v) is 4.27. The molecule has 0 radical (unpaired) electrons. The van der Waals surface area contributed by atoms with Crippen LogP contribution in [0.2, 0.25) is 5.02 Å². The Morgan fingerprint density at radius 3 is 2.19 bits per heavy atom. The molecule has 6 heteroatoms. The predicted octanol–water partition coefficient (Wildman–Crippen LogP) is 7.57. The zero-order valence-electron chi connectivity index (χ0n) is 17.3. The van der Waals surface area contributed by atoms with Crippen molar-refractivity contribution in [1.82, 2.24) is 14.3 Å². The molecule has 0 aliphatic heterocycles. The SMILES string of the molecule is S=c1n(-c2ccc(Cl)cc2)nc(/C=C\C=C\SCc2ccccc2)n1Cc1ccccc1. The van der Waals surface area contributed by atoms with E-state index in [1.54, 1.807) is 16.4 Å². The Morgan fingerprint density at radius 2 is 1.50 bits per heavy atom. The molecule has 0 atom stereocenters. The summed E-state index contributed by atoms with van der Waals surface area (Å²) >= 11 is 13.6. The van der Waals surface area contributed by atoms with Crippen LogP contribution in [0.25, 0.3) is 11.8 Å². The van der Waals surface area contributed by atoms with Crippen LogP contribution in [0.1, 0.15) is 17.0 Å². The standard InChI is InChI=1S/C26H22ClN3S2/c27-23-14-16-24(17-15-23)30-26(31)29(19-21-9-3-1-4-10-21)25(28-30)13-7-8-18-32-20-22-11-5-2-6-12-22/h1-18H,19-20H2/b13-7-,18-8+. The summed E-state index contributed by atoms with van der Waals surface area (Å²) in [6, 6.07) is 28.2. The highest BCUT2D eigenvalue weighted by Gasteiger charge is 2.10. The van der Waals surface area contributed by atoms with Gasteiger partial charge < -0.3 is 0 Å². The minimum absolute atomic E-state index is 0.637. The molecular formula is C26H22ClN3S2. The Bertz CT molecular complexity index is 1260. The minimum Gasteiger partial charge on any atom is -0.296 e. The highest BCUT2D eigenvalue weighted by molar-refractivity contribution is 8.01. The largest absolute Gasteiger partial charge is 0.296 e. The van der Waals surface area contributed by atoms with Gasteiger partial charge in [-0.2, -0.15) is 0 Å². The number of thioether (sulfide) groups is 1. The van der Waals surface area contributed by atoms with Gasteiger partial charge in [0.1, 0.15) is 0 Å². The van der Waals surface area contributed by atoms with E-state index in [2.05, 4.69) is 41.8 Å². The van der Waals surface area contributed by atoms with Crippen LogP contribution in [0.4, 0.5) is 0 Å². The number of aromatic nitrogens is 3. The number of hydrogen-bond donors (Lipinski definition) is 0. The van der Waals surface area contributed by atoms with Gasteiger partial charge in [-0.3, -0.25) is 4.57 Å². The summed E-state index contributed by atoms with van der Waals surface area (Å²) in [6.45, 7) is 0.652. The molecule has 0 aliphatic rings. The van der Waals surface area contributed by atoms with Gasteiger partial charge in [0.2, 0.25) is 4.77 Å². The minimum atomic E-state index is 0.637. The lowest BCUT2D eigenvalue weighted by atomic mass is 10.2. The van der Waals surface area contributed by atoms with E-state index in [1.165, 1.54) is 11.1 Å². The maximum Gasteiger partial charge on any atom is 0.203 e. The summed E-state index contributed by atoms with van der Waals surface area (Å²) < 4.78 is 4.46. The molecule has 0 saturated heterocycles. The summed E-state index contributed by atoms with van der Waals surface area (Å²) in [5, 5.41) is 7.55. The first-order chi connectivity index (χ1) is 15.7. The number of allylic oxidation sites excluding steroid dienone is 2. The smallest absolute Gasteiger partial charge is 0.203 e. The molecule has 3 aromatic carbocycles. The third-order valence-electron chi connectivity index (χ3n) is 4.77. The summed E-state index contributed by atoms with van der Waals surface area (Å²) in [7, 11) is 0. The Kier molecular flexibility index (Phi) is 7.77. The van der Waals surface area contributed by atoms with Gasteiger partial charge in [0.25, 0.3) is 0 Å². The number of benzene rings is 3.